The first-order valence-corrected chi connectivity index (χ1v) is 7.92. The molecule has 3 rings (SSSR count). The molecule has 0 radical (unpaired) electrons. The Balaban J connectivity index is 1.68. The highest BCUT2D eigenvalue weighted by molar-refractivity contribution is 6.40. The van der Waals surface area contributed by atoms with Crippen LogP contribution in [0.2, 0.25) is 0 Å². The first kappa shape index (κ1) is 16.0. The minimum absolute atomic E-state index is 0.0887. The van der Waals surface area contributed by atoms with E-state index in [1.165, 1.54) is 5.01 Å². The van der Waals surface area contributed by atoms with Gasteiger partial charge in [0.2, 0.25) is 5.91 Å². The van der Waals surface area contributed by atoms with Gasteiger partial charge in [-0.25, -0.2) is 5.01 Å². The zero-order chi connectivity index (χ0) is 16.9. The Morgan fingerprint density at radius 3 is 2.75 bits per heavy atom. The number of nitrogens with one attached hydrogen (secondary N) is 1. The van der Waals surface area contributed by atoms with E-state index in [2.05, 4.69) is 10.4 Å². The van der Waals surface area contributed by atoms with Crippen LogP contribution in [0.25, 0.3) is 0 Å². The molecule has 0 saturated carbocycles. The Morgan fingerprint density at radius 2 is 2.04 bits per heavy atom. The van der Waals surface area contributed by atoms with Gasteiger partial charge in [0.05, 0.1) is 12.0 Å². The molecule has 2 amide bonds. The monoisotopic (exact) mass is 325 g/mol. The summed E-state index contributed by atoms with van der Waals surface area (Å²) in [5.41, 5.74) is 1.03. The second kappa shape index (κ2) is 7.12. The quantitative estimate of drug-likeness (QED) is 0.918. The second-order valence-corrected chi connectivity index (χ2v) is 5.75. The fourth-order valence-corrected chi connectivity index (χ4v) is 2.58. The molecule has 1 aromatic heterocycles. The molecule has 6 nitrogen and oxygen atoms in total. The van der Waals surface area contributed by atoms with Crippen molar-refractivity contribution in [2.75, 3.05) is 5.01 Å². The molecule has 1 N–H and O–H groups in total. The predicted molar refractivity (Wildman–Crippen MR) is 90.6 cm³/mol. The van der Waals surface area contributed by atoms with Crippen molar-refractivity contribution in [2.45, 2.75) is 32.2 Å². The molecule has 0 bridgehead atoms. The highest BCUT2D eigenvalue weighted by atomic mass is 16.3. The number of anilines is 1. The summed E-state index contributed by atoms with van der Waals surface area (Å²) in [6, 6.07) is 12.7. The van der Waals surface area contributed by atoms with Gasteiger partial charge in [0.1, 0.15) is 11.5 Å². The van der Waals surface area contributed by atoms with Crippen molar-refractivity contribution in [3.05, 3.63) is 54.5 Å². The largest absolute Gasteiger partial charge is 0.469 e. The van der Waals surface area contributed by atoms with E-state index in [0.717, 1.165) is 5.76 Å². The number of hydrazone groups is 1. The lowest BCUT2D eigenvalue weighted by Crippen LogP contribution is -2.42. The molecular formula is C18H19N3O3. The standard InChI is InChI=1S/C18H19N3O3/c1-13(12-15-8-5-11-24-15)19-18(23)16-9-10-17(22)21(20-16)14-6-3-2-4-7-14/h2-8,11,13H,9-10,12H2,1H3,(H,19,23)/t13-/m0/s1. The van der Waals surface area contributed by atoms with Gasteiger partial charge >= 0.3 is 0 Å². The SMILES string of the molecule is C[C@@H](Cc1ccco1)NC(=O)C1=NN(c2ccccc2)C(=O)CC1. The summed E-state index contributed by atoms with van der Waals surface area (Å²) in [7, 11) is 0. The maximum absolute atomic E-state index is 12.4. The molecule has 2 aromatic rings. The molecule has 1 aliphatic heterocycles. The molecule has 0 fully saturated rings. The number of para-hydroxylation sites is 1. The Kier molecular flexibility index (Phi) is 4.74. The molecule has 124 valence electrons. The van der Waals surface area contributed by atoms with E-state index in [1.807, 2.05) is 37.3 Å². The average molecular weight is 325 g/mol. The van der Waals surface area contributed by atoms with Crippen LogP contribution in [0.5, 0.6) is 0 Å². The van der Waals surface area contributed by atoms with E-state index >= 15 is 0 Å². The number of benzene rings is 1. The smallest absolute Gasteiger partial charge is 0.267 e. The number of nitrogens with zero attached hydrogens (tertiary/aromatic N) is 2. The van der Waals surface area contributed by atoms with Crippen LogP contribution in [0, 0.1) is 0 Å². The van der Waals surface area contributed by atoms with Crippen molar-refractivity contribution in [2.24, 2.45) is 5.10 Å². The Labute approximate surface area is 140 Å². The zero-order valence-electron chi connectivity index (χ0n) is 13.4. The maximum Gasteiger partial charge on any atom is 0.267 e. The molecule has 1 aromatic carbocycles. The highest BCUT2D eigenvalue weighted by Gasteiger charge is 2.26. The fourth-order valence-electron chi connectivity index (χ4n) is 2.58. The second-order valence-electron chi connectivity index (χ2n) is 5.75. The molecule has 0 unspecified atom stereocenters. The van der Waals surface area contributed by atoms with Gasteiger partial charge in [0.15, 0.2) is 0 Å². The number of carbonyl (C=O) groups excluding carboxylic acids is 2. The topological polar surface area (TPSA) is 74.9 Å². The summed E-state index contributed by atoms with van der Waals surface area (Å²) in [4.78, 5) is 24.5. The third-order valence-electron chi connectivity index (χ3n) is 3.76. The maximum atomic E-state index is 12.4. The van der Waals surface area contributed by atoms with Gasteiger partial charge in [-0.3, -0.25) is 9.59 Å². The van der Waals surface area contributed by atoms with E-state index in [0.29, 0.717) is 24.2 Å². The van der Waals surface area contributed by atoms with Crippen LogP contribution in [0.4, 0.5) is 5.69 Å². The van der Waals surface area contributed by atoms with Crippen LogP contribution in [-0.4, -0.2) is 23.6 Å². The van der Waals surface area contributed by atoms with Crippen LogP contribution in [0.1, 0.15) is 25.5 Å². The first-order valence-electron chi connectivity index (χ1n) is 7.92. The Hall–Kier alpha value is -2.89. The van der Waals surface area contributed by atoms with Crippen LogP contribution < -0.4 is 10.3 Å². The summed E-state index contributed by atoms with van der Waals surface area (Å²) in [5, 5.41) is 8.46. The van der Waals surface area contributed by atoms with Crippen molar-refractivity contribution in [1.82, 2.24) is 5.32 Å². The van der Waals surface area contributed by atoms with Crippen molar-refractivity contribution >= 4 is 23.2 Å². The van der Waals surface area contributed by atoms with Crippen molar-refractivity contribution < 1.29 is 14.0 Å². The molecule has 0 spiro atoms. The molecule has 1 atom stereocenters. The summed E-state index contributed by atoms with van der Waals surface area (Å²) in [5.74, 6) is 0.457. The number of rotatable bonds is 5. The van der Waals surface area contributed by atoms with Crippen molar-refractivity contribution in [3.8, 4) is 0 Å². The van der Waals surface area contributed by atoms with E-state index < -0.39 is 0 Å². The summed E-state index contributed by atoms with van der Waals surface area (Å²) >= 11 is 0. The van der Waals surface area contributed by atoms with E-state index in [9.17, 15) is 9.59 Å². The predicted octanol–water partition coefficient (Wildman–Crippen LogP) is 2.51. The highest BCUT2D eigenvalue weighted by Crippen LogP contribution is 2.19. The van der Waals surface area contributed by atoms with Gasteiger partial charge in [0, 0.05) is 25.3 Å². The summed E-state index contributed by atoms with van der Waals surface area (Å²) in [6.45, 7) is 1.91. The van der Waals surface area contributed by atoms with Crippen molar-refractivity contribution in [3.63, 3.8) is 0 Å². The zero-order valence-corrected chi connectivity index (χ0v) is 13.4. The minimum Gasteiger partial charge on any atom is -0.469 e. The van der Waals surface area contributed by atoms with Gasteiger partial charge in [0.25, 0.3) is 5.91 Å². The molecule has 24 heavy (non-hydrogen) atoms. The van der Waals surface area contributed by atoms with Gasteiger partial charge in [-0.2, -0.15) is 5.10 Å². The molecular weight excluding hydrogens is 306 g/mol. The lowest BCUT2D eigenvalue weighted by Gasteiger charge is -2.23. The normalized spacial score (nSPS) is 15.8. The van der Waals surface area contributed by atoms with E-state index in [4.69, 9.17) is 4.42 Å². The van der Waals surface area contributed by atoms with Crippen LogP contribution >= 0.6 is 0 Å². The summed E-state index contributed by atoms with van der Waals surface area (Å²) < 4.78 is 5.29. The van der Waals surface area contributed by atoms with Crippen LogP contribution in [0.15, 0.2) is 58.2 Å². The molecule has 0 aliphatic carbocycles. The van der Waals surface area contributed by atoms with Crippen LogP contribution in [0.3, 0.4) is 0 Å². The van der Waals surface area contributed by atoms with Gasteiger partial charge in [-0.1, -0.05) is 18.2 Å². The van der Waals surface area contributed by atoms with E-state index in [1.54, 1.807) is 18.4 Å². The number of amides is 2. The van der Waals surface area contributed by atoms with Gasteiger partial charge in [-0.15, -0.1) is 0 Å². The molecule has 0 saturated heterocycles. The lowest BCUT2D eigenvalue weighted by molar-refractivity contribution is -0.119. The molecule has 1 aliphatic rings. The third-order valence-corrected chi connectivity index (χ3v) is 3.76. The van der Waals surface area contributed by atoms with Crippen molar-refractivity contribution in [1.29, 1.82) is 0 Å². The first-order chi connectivity index (χ1) is 11.6. The average Bonchev–Trinajstić information content (AvgIpc) is 3.08. The number of hydrogen-bond acceptors (Lipinski definition) is 4. The number of carbonyl (C=O) groups is 2. The lowest BCUT2D eigenvalue weighted by atomic mass is 10.1. The Bertz CT molecular complexity index is 738. The Morgan fingerprint density at radius 1 is 1.25 bits per heavy atom. The van der Waals surface area contributed by atoms with E-state index in [-0.39, 0.29) is 24.3 Å². The number of furan rings is 1. The number of hydrogen-bond donors (Lipinski definition) is 1. The third kappa shape index (κ3) is 3.71. The molecule has 2 heterocycles. The minimum atomic E-state index is -0.248. The summed E-state index contributed by atoms with van der Waals surface area (Å²) in [6.07, 6.45) is 2.83. The molecule has 6 heteroatoms. The van der Waals surface area contributed by atoms with Gasteiger partial charge < -0.3 is 9.73 Å². The van der Waals surface area contributed by atoms with Crippen LogP contribution in [-0.2, 0) is 16.0 Å². The van der Waals surface area contributed by atoms with Gasteiger partial charge in [-0.05, 0) is 31.2 Å². The fraction of sp³-hybridized carbons (Fsp3) is 0.278.